The summed E-state index contributed by atoms with van der Waals surface area (Å²) in [5, 5.41) is 5.56. The van der Waals surface area contributed by atoms with Crippen LogP contribution in [0.25, 0.3) is 10.8 Å². The third-order valence-electron chi connectivity index (χ3n) is 3.27. The van der Waals surface area contributed by atoms with E-state index in [0.717, 1.165) is 11.4 Å². The van der Waals surface area contributed by atoms with Crippen molar-refractivity contribution in [3.05, 3.63) is 72.5 Å². The highest BCUT2D eigenvalue weighted by atomic mass is 19.1. The van der Waals surface area contributed by atoms with Crippen LogP contribution in [0.4, 0.5) is 10.1 Å². The topological polar surface area (TPSA) is 21.3 Å². The number of anilines is 1. The summed E-state index contributed by atoms with van der Waals surface area (Å²) in [7, 11) is 0. The number of fused-ring (bicyclic) bond motifs is 1. The average Bonchev–Trinajstić information content (AvgIpc) is 2.53. The van der Waals surface area contributed by atoms with Crippen molar-refractivity contribution in [2.24, 2.45) is 0 Å². The van der Waals surface area contributed by atoms with Crippen LogP contribution in [0, 0.1) is 5.82 Å². The molecule has 0 bridgehead atoms. The smallest absolute Gasteiger partial charge is 0.123 e. The first-order chi connectivity index (χ1) is 10.3. The molecular weight excluding hydrogens is 265 g/mol. The van der Waals surface area contributed by atoms with Gasteiger partial charge in [-0.15, -0.1) is 0 Å². The molecule has 3 aromatic rings. The first-order valence-corrected chi connectivity index (χ1v) is 6.92. The van der Waals surface area contributed by atoms with Crippen molar-refractivity contribution in [1.82, 2.24) is 0 Å². The monoisotopic (exact) mass is 281 g/mol. The lowest BCUT2D eigenvalue weighted by Gasteiger charge is -2.09. The highest BCUT2D eigenvalue weighted by molar-refractivity contribution is 5.83. The lowest BCUT2D eigenvalue weighted by Crippen LogP contribution is -2.11. The molecule has 106 valence electrons. The van der Waals surface area contributed by atoms with Gasteiger partial charge in [-0.3, -0.25) is 0 Å². The summed E-state index contributed by atoms with van der Waals surface area (Å²) in [6.45, 7) is 1.22. The molecule has 0 aromatic heterocycles. The summed E-state index contributed by atoms with van der Waals surface area (Å²) in [6.07, 6.45) is 0. The molecule has 3 heteroatoms. The van der Waals surface area contributed by atoms with E-state index < -0.39 is 0 Å². The largest absolute Gasteiger partial charge is 0.492 e. The molecule has 0 radical (unpaired) electrons. The molecule has 0 aliphatic rings. The molecule has 3 rings (SSSR count). The van der Waals surface area contributed by atoms with Crippen LogP contribution in [0.5, 0.6) is 5.75 Å². The number of rotatable bonds is 5. The van der Waals surface area contributed by atoms with Gasteiger partial charge in [0.2, 0.25) is 0 Å². The van der Waals surface area contributed by atoms with Gasteiger partial charge in [0, 0.05) is 12.2 Å². The van der Waals surface area contributed by atoms with Crippen LogP contribution in [-0.4, -0.2) is 13.2 Å². The van der Waals surface area contributed by atoms with E-state index in [-0.39, 0.29) is 5.82 Å². The predicted molar refractivity (Wildman–Crippen MR) is 84.3 cm³/mol. The molecule has 0 unspecified atom stereocenters. The van der Waals surface area contributed by atoms with Crippen molar-refractivity contribution in [3.8, 4) is 5.75 Å². The van der Waals surface area contributed by atoms with Crippen LogP contribution < -0.4 is 10.1 Å². The highest BCUT2D eigenvalue weighted by Gasteiger charge is 1.97. The minimum absolute atomic E-state index is 0.229. The molecule has 0 aliphatic carbocycles. The van der Waals surface area contributed by atoms with Gasteiger partial charge >= 0.3 is 0 Å². The normalized spacial score (nSPS) is 10.5. The maximum atomic E-state index is 12.8. The van der Waals surface area contributed by atoms with Gasteiger partial charge in [-0.2, -0.15) is 0 Å². The lowest BCUT2D eigenvalue weighted by molar-refractivity contribution is 0.333. The Morgan fingerprint density at radius 3 is 2.43 bits per heavy atom. The molecular formula is C18H16FNO. The van der Waals surface area contributed by atoms with E-state index in [1.807, 2.05) is 24.3 Å². The Morgan fingerprint density at radius 2 is 1.62 bits per heavy atom. The highest BCUT2D eigenvalue weighted by Crippen LogP contribution is 2.20. The van der Waals surface area contributed by atoms with Crippen molar-refractivity contribution < 1.29 is 9.13 Å². The zero-order valence-corrected chi connectivity index (χ0v) is 11.6. The van der Waals surface area contributed by atoms with Gasteiger partial charge in [-0.05, 0) is 47.2 Å². The fourth-order valence-electron chi connectivity index (χ4n) is 2.19. The Kier molecular flexibility index (Phi) is 4.01. The van der Waals surface area contributed by atoms with Gasteiger partial charge in [0.15, 0.2) is 0 Å². The van der Waals surface area contributed by atoms with E-state index in [1.165, 1.54) is 22.9 Å². The Labute approximate surface area is 123 Å². The van der Waals surface area contributed by atoms with E-state index in [9.17, 15) is 4.39 Å². The Morgan fingerprint density at radius 1 is 0.857 bits per heavy atom. The number of hydrogen-bond donors (Lipinski definition) is 1. The second-order valence-electron chi connectivity index (χ2n) is 4.79. The van der Waals surface area contributed by atoms with Gasteiger partial charge < -0.3 is 10.1 Å². The second-order valence-corrected chi connectivity index (χ2v) is 4.79. The van der Waals surface area contributed by atoms with Crippen LogP contribution >= 0.6 is 0 Å². The van der Waals surface area contributed by atoms with E-state index in [2.05, 4.69) is 23.5 Å². The average molecular weight is 281 g/mol. The second kappa shape index (κ2) is 6.27. The van der Waals surface area contributed by atoms with Crippen molar-refractivity contribution >= 4 is 16.5 Å². The summed E-state index contributed by atoms with van der Waals surface area (Å²) >= 11 is 0. The molecule has 0 atom stereocenters. The SMILES string of the molecule is Fc1ccc(NCCOc2ccc3ccccc3c2)cc1. The van der Waals surface area contributed by atoms with E-state index in [1.54, 1.807) is 12.1 Å². The number of halogens is 1. The first-order valence-electron chi connectivity index (χ1n) is 6.92. The summed E-state index contributed by atoms with van der Waals surface area (Å²) < 4.78 is 18.5. The number of nitrogens with one attached hydrogen (secondary N) is 1. The van der Waals surface area contributed by atoms with E-state index in [0.29, 0.717) is 13.2 Å². The van der Waals surface area contributed by atoms with Crippen LogP contribution in [0.3, 0.4) is 0 Å². The van der Waals surface area contributed by atoms with Crippen molar-refractivity contribution in [2.75, 3.05) is 18.5 Å². The van der Waals surface area contributed by atoms with Crippen molar-refractivity contribution in [2.45, 2.75) is 0 Å². The quantitative estimate of drug-likeness (QED) is 0.697. The zero-order valence-electron chi connectivity index (χ0n) is 11.6. The summed E-state index contributed by atoms with van der Waals surface area (Å²) in [5.41, 5.74) is 0.888. The van der Waals surface area contributed by atoms with Crippen molar-refractivity contribution in [3.63, 3.8) is 0 Å². The minimum atomic E-state index is -0.229. The zero-order chi connectivity index (χ0) is 14.5. The van der Waals surface area contributed by atoms with Gasteiger partial charge in [-0.25, -0.2) is 4.39 Å². The first kappa shape index (κ1) is 13.4. The Hall–Kier alpha value is -2.55. The Balaban J connectivity index is 1.53. The van der Waals surface area contributed by atoms with Gasteiger partial charge in [-0.1, -0.05) is 30.3 Å². The van der Waals surface area contributed by atoms with Crippen LogP contribution in [0.2, 0.25) is 0 Å². The number of benzene rings is 3. The molecule has 0 aliphatic heterocycles. The maximum absolute atomic E-state index is 12.8. The van der Waals surface area contributed by atoms with E-state index in [4.69, 9.17) is 4.74 Å². The molecule has 0 saturated carbocycles. The van der Waals surface area contributed by atoms with Gasteiger partial charge in [0.05, 0.1) is 0 Å². The molecule has 0 fully saturated rings. The molecule has 0 spiro atoms. The fraction of sp³-hybridized carbons (Fsp3) is 0.111. The van der Waals surface area contributed by atoms with Crippen LogP contribution in [0.15, 0.2) is 66.7 Å². The lowest BCUT2D eigenvalue weighted by atomic mass is 10.1. The number of hydrogen-bond acceptors (Lipinski definition) is 2. The third kappa shape index (κ3) is 3.51. The van der Waals surface area contributed by atoms with E-state index >= 15 is 0 Å². The Bertz CT molecular complexity index is 725. The maximum Gasteiger partial charge on any atom is 0.123 e. The summed E-state index contributed by atoms with van der Waals surface area (Å²) in [4.78, 5) is 0. The predicted octanol–water partition coefficient (Wildman–Crippen LogP) is 4.47. The fourth-order valence-corrected chi connectivity index (χ4v) is 2.19. The van der Waals surface area contributed by atoms with Crippen molar-refractivity contribution in [1.29, 1.82) is 0 Å². The molecule has 0 amide bonds. The van der Waals surface area contributed by atoms with Gasteiger partial charge in [0.25, 0.3) is 0 Å². The molecule has 0 heterocycles. The molecule has 3 aromatic carbocycles. The molecule has 2 nitrogen and oxygen atoms in total. The van der Waals surface area contributed by atoms with Gasteiger partial charge in [0.1, 0.15) is 18.2 Å². The third-order valence-corrected chi connectivity index (χ3v) is 3.27. The molecule has 1 N–H and O–H groups in total. The molecule has 0 saturated heterocycles. The summed E-state index contributed by atoms with van der Waals surface area (Å²) in [6, 6.07) is 20.5. The van der Waals surface area contributed by atoms with Crippen LogP contribution in [0.1, 0.15) is 0 Å². The molecule has 21 heavy (non-hydrogen) atoms. The number of ether oxygens (including phenoxy) is 1. The summed E-state index contributed by atoms with van der Waals surface area (Å²) in [5.74, 6) is 0.627. The standard InChI is InChI=1S/C18H16FNO/c19-16-6-8-17(9-7-16)20-11-12-21-18-10-5-14-3-1-2-4-15(14)13-18/h1-10,13,20H,11-12H2. The van der Waals surface area contributed by atoms with Crippen LogP contribution in [-0.2, 0) is 0 Å². The minimum Gasteiger partial charge on any atom is -0.492 e.